The van der Waals surface area contributed by atoms with Gasteiger partial charge in [-0.25, -0.2) is 0 Å². The van der Waals surface area contributed by atoms with Crippen molar-refractivity contribution in [1.29, 1.82) is 5.41 Å². The summed E-state index contributed by atoms with van der Waals surface area (Å²) >= 11 is 3.48. The highest BCUT2D eigenvalue weighted by molar-refractivity contribution is 9.10. The number of nitrogens with two attached hydrogens (primary N) is 1. The molecule has 0 aliphatic rings. The molecule has 3 nitrogen and oxygen atoms in total. The lowest BCUT2D eigenvalue weighted by Gasteiger charge is -2.11. The van der Waals surface area contributed by atoms with E-state index >= 15 is 0 Å². The maximum atomic E-state index is 7.54. The Balaban J connectivity index is 2.17. The van der Waals surface area contributed by atoms with Gasteiger partial charge >= 0.3 is 0 Å². The quantitative estimate of drug-likeness (QED) is 0.668. The number of amidine groups is 1. The minimum absolute atomic E-state index is 0.0576. The van der Waals surface area contributed by atoms with Gasteiger partial charge in [0.25, 0.3) is 0 Å². The SMILES string of the molecule is Cc1ccc(OCc2ccccc2C(=N)N)c(Br)c1. The standard InChI is InChI=1S/C15H15BrN2O/c1-10-6-7-14(13(16)8-10)19-9-11-4-2-3-5-12(11)15(17)18/h2-8H,9H2,1H3,(H3,17,18). The smallest absolute Gasteiger partial charge is 0.134 e. The van der Waals surface area contributed by atoms with E-state index < -0.39 is 0 Å². The van der Waals surface area contributed by atoms with Crippen molar-refractivity contribution < 1.29 is 4.74 Å². The molecule has 0 heterocycles. The summed E-state index contributed by atoms with van der Waals surface area (Å²) in [6.07, 6.45) is 0. The molecule has 2 aromatic rings. The van der Waals surface area contributed by atoms with E-state index in [1.807, 2.05) is 49.4 Å². The second-order valence-electron chi connectivity index (χ2n) is 4.29. The van der Waals surface area contributed by atoms with E-state index in [9.17, 15) is 0 Å². The Kier molecular flexibility index (Phi) is 4.22. The second kappa shape index (κ2) is 5.89. The Labute approximate surface area is 121 Å². The van der Waals surface area contributed by atoms with Crippen molar-refractivity contribution in [3.05, 3.63) is 63.6 Å². The Bertz CT molecular complexity index is 611. The Morgan fingerprint density at radius 2 is 2.00 bits per heavy atom. The number of halogens is 1. The summed E-state index contributed by atoms with van der Waals surface area (Å²) in [5.74, 6) is 0.839. The van der Waals surface area contributed by atoms with Crippen LogP contribution >= 0.6 is 15.9 Å². The van der Waals surface area contributed by atoms with Gasteiger partial charge in [-0.15, -0.1) is 0 Å². The summed E-state index contributed by atoms with van der Waals surface area (Å²) < 4.78 is 6.69. The van der Waals surface area contributed by atoms with E-state index in [-0.39, 0.29) is 5.84 Å². The van der Waals surface area contributed by atoms with E-state index in [0.29, 0.717) is 12.2 Å². The number of benzene rings is 2. The van der Waals surface area contributed by atoms with Crippen LogP contribution in [0.3, 0.4) is 0 Å². The summed E-state index contributed by atoms with van der Waals surface area (Å²) in [6.45, 7) is 2.41. The summed E-state index contributed by atoms with van der Waals surface area (Å²) in [5.41, 5.74) is 8.34. The summed E-state index contributed by atoms with van der Waals surface area (Å²) in [7, 11) is 0. The predicted octanol–water partition coefficient (Wildman–Crippen LogP) is 3.62. The fourth-order valence-electron chi connectivity index (χ4n) is 1.79. The zero-order valence-electron chi connectivity index (χ0n) is 10.6. The van der Waals surface area contributed by atoms with Crippen LogP contribution < -0.4 is 10.5 Å². The molecule has 2 rings (SSSR count). The van der Waals surface area contributed by atoms with E-state index in [1.165, 1.54) is 5.56 Å². The van der Waals surface area contributed by atoms with Crippen LogP contribution in [0.15, 0.2) is 46.9 Å². The summed E-state index contributed by atoms with van der Waals surface area (Å²) in [4.78, 5) is 0. The number of hydrogen-bond donors (Lipinski definition) is 2. The van der Waals surface area contributed by atoms with Crippen LogP contribution in [0.25, 0.3) is 0 Å². The van der Waals surface area contributed by atoms with Gasteiger partial charge in [-0.1, -0.05) is 30.3 Å². The van der Waals surface area contributed by atoms with Crippen molar-refractivity contribution in [1.82, 2.24) is 0 Å². The lowest BCUT2D eigenvalue weighted by Crippen LogP contribution is -2.14. The minimum atomic E-state index is 0.0576. The molecule has 4 heteroatoms. The lowest BCUT2D eigenvalue weighted by molar-refractivity contribution is 0.304. The molecular formula is C15H15BrN2O. The van der Waals surface area contributed by atoms with Crippen LogP contribution in [0.4, 0.5) is 0 Å². The van der Waals surface area contributed by atoms with Crippen molar-refractivity contribution in [2.75, 3.05) is 0 Å². The van der Waals surface area contributed by atoms with Crippen molar-refractivity contribution in [3.63, 3.8) is 0 Å². The highest BCUT2D eigenvalue weighted by Crippen LogP contribution is 2.26. The molecule has 0 fully saturated rings. The van der Waals surface area contributed by atoms with Gasteiger partial charge in [0.2, 0.25) is 0 Å². The Morgan fingerprint density at radius 1 is 1.26 bits per heavy atom. The third-order valence-electron chi connectivity index (χ3n) is 2.78. The van der Waals surface area contributed by atoms with Gasteiger partial charge in [0.1, 0.15) is 18.2 Å². The summed E-state index contributed by atoms with van der Waals surface area (Å²) in [6, 6.07) is 13.4. The first-order valence-electron chi connectivity index (χ1n) is 5.89. The molecule has 0 aromatic heterocycles. The molecule has 19 heavy (non-hydrogen) atoms. The molecule has 0 aliphatic heterocycles. The number of nitrogens with one attached hydrogen (secondary N) is 1. The fraction of sp³-hybridized carbons (Fsp3) is 0.133. The van der Waals surface area contributed by atoms with Crippen molar-refractivity contribution in [2.45, 2.75) is 13.5 Å². The molecule has 0 atom stereocenters. The van der Waals surface area contributed by atoms with Gasteiger partial charge in [-0.3, -0.25) is 5.41 Å². The largest absolute Gasteiger partial charge is 0.488 e. The fourth-order valence-corrected chi connectivity index (χ4v) is 2.40. The predicted molar refractivity (Wildman–Crippen MR) is 80.7 cm³/mol. The van der Waals surface area contributed by atoms with Gasteiger partial charge in [0, 0.05) is 11.1 Å². The topological polar surface area (TPSA) is 59.1 Å². The van der Waals surface area contributed by atoms with Gasteiger partial charge in [0.15, 0.2) is 0 Å². The summed E-state index contributed by atoms with van der Waals surface area (Å²) in [5, 5.41) is 7.54. The van der Waals surface area contributed by atoms with Crippen molar-refractivity contribution in [2.24, 2.45) is 5.73 Å². The molecule has 0 spiro atoms. The van der Waals surface area contributed by atoms with Crippen LogP contribution in [0, 0.1) is 12.3 Å². The monoisotopic (exact) mass is 318 g/mol. The van der Waals surface area contributed by atoms with E-state index in [4.69, 9.17) is 15.9 Å². The average Bonchev–Trinajstić information content (AvgIpc) is 2.38. The van der Waals surface area contributed by atoms with E-state index in [1.54, 1.807) is 0 Å². The third kappa shape index (κ3) is 3.35. The van der Waals surface area contributed by atoms with Gasteiger partial charge < -0.3 is 10.5 Å². The Hall–Kier alpha value is -1.81. The van der Waals surface area contributed by atoms with Crippen molar-refractivity contribution >= 4 is 21.8 Å². The highest BCUT2D eigenvalue weighted by atomic mass is 79.9. The third-order valence-corrected chi connectivity index (χ3v) is 3.40. The number of aryl methyl sites for hydroxylation is 1. The number of nitrogen functional groups attached to an aromatic ring is 1. The van der Waals surface area contributed by atoms with E-state index in [2.05, 4.69) is 15.9 Å². The highest BCUT2D eigenvalue weighted by Gasteiger charge is 2.06. The molecule has 0 radical (unpaired) electrons. The second-order valence-corrected chi connectivity index (χ2v) is 5.15. The Morgan fingerprint density at radius 3 is 2.68 bits per heavy atom. The first kappa shape index (κ1) is 13.6. The average molecular weight is 319 g/mol. The van der Waals surface area contributed by atoms with E-state index in [0.717, 1.165) is 15.8 Å². The first-order chi connectivity index (χ1) is 9.08. The molecule has 0 saturated heterocycles. The number of hydrogen-bond acceptors (Lipinski definition) is 2. The van der Waals surface area contributed by atoms with Crippen LogP contribution in [-0.4, -0.2) is 5.84 Å². The molecule has 0 unspecified atom stereocenters. The van der Waals surface area contributed by atoms with Crippen LogP contribution in [0.5, 0.6) is 5.75 Å². The van der Waals surface area contributed by atoms with Gasteiger partial charge in [-0.05, 0) is 40.5 Å². The van der Waals surface area contributed by atoms with Crippen LogP contribution in [0.1, 0.15) is 16.7 Å². The maximum absolute atomic E-state index is 7.54. The molecule has 2 aromatic carbocycles. The number of ether oxygens (including phenoxy) is 1. The zero-order valence-corrected chi connectivity index (χ0v) is 12.2. The first-order valence-corrected chi connectivity index (χ1v) is 6.68. The maximum Gasteiger partial charge on any atom is 0.134 e. The van der Waals surface area contributed by atoms with Crippen LogP contribution in [-0.2, 0) is 6.61 Å². The van der Waals surface area contributed by atoms with Crippen molar-refractivity contribution in [3.8, 4) is 5.75 Å². The normalized spacial score (nSPS) is 10.2. The molecule has 3 N–H and O–H groups in total. The molecule has 0 saturated carbocycles. The molecule has 0 bridgehead atoms. The molecule has 0 aliphatic carbocycles. The van der Waals surface area contributed by atoms with Gasteiger partial charge in [0.05, 0.1) is 4.47 Å². The van der Waals surface area contributed by atoms with Gasteiger partial charge in [-0.2, -0.15) is 0 Å². The molecular weight excluding hydrogens is 304 g/mol. The molecule has 98 valence electrons. The minimum Gasteiger partial charge on any atom is -0.488 e. The number of rotatable bonds is 4. The van der Waals surface area contributed by atoms with Crippen LogP contribution in [0.2, 0.25) is 0 Å². The zero-order chi connectivity index (χ0) is 13.8. The molecule has 0 amide bonds. The lowest BCUT2D eigenvalue weighted by atomic mass is 10.1.